The van der Waals surface area contributed by atoms with E-state index in [-0.39, 0.29) is 17.8 Å². The number of carbonyl (C=O) groups excluding carboxylic acids is 2. The van der Waals surface area contributed by atoms with Crippen LogP contribution in [0.3, 0.4) is 0 Å². The maximum atomic E-state index is 11.8. The van der Waals surface area contributed by atoms with Crippen molar-refractivity contribution in [2.45, 2.75) is 34.1 Å². The van der Waals surface area contributed by atoms with Gasteiger partial charge in [0.25, 0.3) is 0 Å². The number of rotatable bonds is 10. The lowest BCUT2D eigenvalue weighted by Crippen LogP contribution is -2.37. The van der Waals surface area contributed by atoms with Crippen molar-refractivity contribution in [1.82, 2.24) is 4.90 Å². The fourth-order valence-electron chi connectivity index (χ4n) is 2.50. The highest BCUT2D eigenvalue weighted by Crippen LogP contribution is 2.28. The molecule has 1 unspecified atom stereocenters. The van der Waals surface area contributed by atoms with Crippen LogP contribution in [0.15, 0.2) is 18.2 Å². The van der Waals surface area contributed by atoms with E-state index in [9.17, 15) is 9.59 Å². The molecule has 0 bridgehead atoms. The second kappa shape index (κ2) is 10.6. The van der Waals surface area contributed by atoms with E-state index >= 15 is 0 Å². The molecule has 1 amide bonds. The standard InChI is InChI=1S/C19H29NO5/c1-6-24-17-9-8-16(12-18(17)25-7-2)10-11-20(15(4)21)13-14(3)19(22)23-5/h8-9,12,14H,6-7,10-11,13H2,1-5H3. The molecule has 6 heteroatoms. The first kappa shape index (κ1) is 20.8. The Balaban J connectivity index is 2.77. The molecule has 0 heterocycles. The van der Waals surface area contributed by atoms with Crippen molar-refractivity contribution in [3.05, 3.63) is 23.8 Å². The van der Waals surface area contributed by atoms with Gasteiger partial charge in [0.05, 0.1) is 26.2 Å². The molecule has 1 rings (SSSR count). The Morgan fingerprint density at radius 2 is 1.76 bits per heavy atom. The predicted octanol–water partition coefficient (Wildman–Crippen LogP) is 2.68. The molecule has 1 aromatic carbocycles. The van der Waals surface area contributed by atoms with Crippen LogP contribution in [0.5, 0.6) is 11.5 Å². The summed E-state index contributed by atoms with van der Waals surface area (Å²) in [4.78, 5) is 25.1. The number of hydrogen-bond acceptors (Lipinski definition) is 5. The van der Waals surface area contributed by atoms with Crippen LogP contribution in [0.2, 0.25) is 0 Å². The molecule has 6 nitrogen and oxygen atoms in total. The Morgan fingerprint density at radius 1 is 1.12 bits per heavy atom. The topological polar surface area (TPSA) is 65.1 Å². The van der Waals surface area contributed by atoms with Gasteiger partial charge in [-0.15, -0.1) is 0 Å². The number of benzene rings is 1. The van der Waals surface area contributed by atoms with Crippen LogP contribution in [-0.2, 0) is 20.7 Å². The van der Waals surface area contributed by atoms with Gasteiger partial charge < -0.3 is 19.1 Å². The first-order valence-corrected chi connectivity index (χ1v) is 8.64. The maximum absolute atomic E-state index is 11.8. The van der Waals surface area contributed by atoms with Crippen molar-refractivity contribution in [1.29, 1.82) is 0 Å². The first-order valence-electron chi connectivity index (χ1n) is 8.64. The second-order valence-electron chi connectivity index (χ2n) is 5.79. The second-order valence-corrected chi connectivity index (χ2v) is 5.79. The monoisotopic (exact) mass is 351 g/mol. The zero-order valence-electron chi connectivity index (χ0n) is 15.8. The van der Waals surface area contributed by atoms with E-state index < -0.39 is 0 Å². The van der Waals surface area contributed by atoms with Crippen molar-refractivity contribution >= 4 is 11.9 Å². The van der Waals surface area contributed by atoms with Crippen molar-refractivity contribution in [2.24, 2.45) is 5.92 Å². The van der Waals surface area contributed by atoms with Crippen LogP contribution in [0.25, 0.3) is 0 Å². The van der Waals surface area contributed by atoms with Gasteiger partial charge in [0, 0.05) is 20.0 Å². The molecule has 0 radical (unpaired) electrons. The number of esters is 1. The highest BCUT2D eigenvalue weighted by molar-refractivity contribution is 5.76. The van der Waals surface area contributed by atoms with Gasteiger partial charge in [-0.2, -0.15) is 0 Å². The Hall–Kier alpha value is -2.24. The molecule has 0 aromatic heterocycles. The van der Waals surface area contributed by atoms with Crippen LogP contribution >= 0.6 is 0 Å². The fourth-order valence-corrected chi connectivity index (χ4v) is 2.50. The average molecular weight is 351 g/mol. The summed E-state index contributed by atoms with van der Waals surface area (Å²) >= 11 is 0. The molecule has 1 atom stereocenters. The number of carbonyl (C=O) groups is 2. The number of ether oxygens (including phenoxy) is 3. The van der Waals surface area contributed by atoms with Crippen molar-refractivity contribution in [3.63, 3.8) is 0 Å². The normalized spacial score (nSPS) is 11.6. The Bertz CT molecular complexity index is 573. The summed E-state index contributed by atoms with van der Waals surface area (Å²) in [6, 6.07) is 5.80. The molecular formula is C19H29NO5. The molecule has 0 N–H and O–H groups in total. The largest absolute Gasteiger partial charge is 0.490 e. The summed E-state index contributed by atoms with van der Waals surface area (Å²) in [5.41, 5.74) is 1.05. The molecule has 0 aliphatic carbocycles. The van der Waals surface area contributed by atoms with Crippen LogP contribution in [-0.4, -0.2) is 50.2 Å². The zero-order valence-corrected chi connectivity index (χ0v) is 15.8. The molecule has 140 valence electrons. The minimum atomic E-state index is -0.354. The number of hydrogen-bond donors (Lipinski definition) is 0. The van der Waals surface area contributed by atoms with Gasteiger partial charge in [0.1, 0.15) is 0 Å². The molecule has 0 saturated carbocycles. The molecule has 0 fully saturated rings. The molecule has 0 aliphatic rings. The SMILES string of the molecule is CCOc1ccc(CCN(CC(C)C(=O)OC)C(C)=O)cc1OCC. The minimum absolute atomic E-state index is 0.0632. The third-order valence-electron chi connectivity index (χ3n) is 3.82. The van der Waals surface area contributed by atoms with Crippen molar-refractivity contribution in [2.75, 3.05) is 33.4 Å². The van der Waals surface area contributed by atoms with Crippen molar-refractivity contribution < 1.29 is 23.8 Å². The first-order chi connectivity index (χ1) is 11.9. The van der Waals surface area contributed by atoms with E-state index in [4.69, 9.17) is 14.2 Å². The van der Waals surface area contributed by atoms with E-state index in [0.29, 0.717) is 38.5 Å². The predicted molar refractivity (Wildman–Crippen MR) is 95.9 cm³/mol. The van der Waals surface area contributed by atoms with E-state index in [1.165, 1.54) is 14.0 Å². The summed E-state index contributed by atoms with van der Waals surface area (Å²) in [7, 11) is 1.35. The van der Waals surface area contributed by atoms with Crippen LogP contribution in [0.1, 0.15) is 33.3 Å². The number of amides is 1. The zero-order chi connectivity index (χ0) is 18.8. The maximum Gasteiger partial charge on any atom is 0.310 e. The summed E-state index contributed by atoms with van der Waals surface area (Å²) in [6.45, 7) is 9.11. The Morgan fingerprint density at radius 3 is 2.32 bits per heavy atom. The fraction of sp³-hybridized carbons (Fsp3) is 0.579. The molecule has 0 spiro atoms. The molecule has 0 aliphatic heterocycles. The van der Waals surface area contributed by atoms with Gasteiger partial charge in [0.15, 0.2) is 11.5 Å². The van der Waals surface area contributed by atoms with Crippen LogP contribution < -0.4 is 9.47 Å². The van der Waals surface area contributed by atoms with E-state index in [1.54, 1.807) is 11.8 Å². The van der Waals surface area contributed by atoms with Crippen molar-refractivity contribution in [3.8, 4) is 11.5 Å². The van der Waals surface area contributed by atoms with E-state index in [0.717, 1.165) is 11.3 Å². The molecule has 1 aromatic rings. The number of methoxy groups -OCH3 is 1. The quantitative estimate of drug-likeness (QED) is 0.607. The summed E-state index contributed by atoms with van der Waals surface area (Å²) in [6.07, 6.45) is 0.667. The van der Waals surface area contributed by atoms with Crippen LogP contribution in [0, 0.1) is 5.92 Å². The molecular weight excluding hydrogens is 322 g/mol. The smallest absolute Gasteiger partial charge is 0.310 e. The number of nitrogens with zero attached hydrogens (tertiary/aromatic N) is 1. The van der Waals surface area contributed by atoms with E-state index in [1.807, 2.05) is 32.0 Å². The van der Waals surface area contributed by atoms with Gasteiger partial charge in [-0.3, -0.25) is 9.59 Å². The molecule has 25 heavy (non-hydrogen) atoms. The van der Waals surface area contributed by atoms with Gasteiger partial charge in [-0.1, -0.05) is 13.0 Å². The lowest BCUT2D eigenvalue weighted by atomic mass is 10.1. The third kappa shape index (κ3) is 6.64. The summed E-state index contributed by atoms with van der Waals surface area (Å²) in [5.74, 6) is 0.695. The Kier molecular flexibility index (Phi) is 8.81. The Labute approximate surface area is 150 Å². The highest BCUT2D eigenvalue weighted by atomic mass is 16.5. The summed E-state index contributed by atoms with van der Waals surface area (Å²) in [5, 5.41) is 0. The van der Waals surface area contributed by atoms with Crippen LogP contribution in [0.4, 0.5) is 0 Å². The van der Waals surface area contributed by atoms with Gasteiger partial charge in [-0.25, -0.2) is 0 Å². The lowest BCUT2D eigenvalue weighted by Gasteiger charge is -2.24. The summed E-state index contributed by atoms with van der Waals surface area (Å²) < 4.78 is 15.9. The van der Waals surface area contributed by atoms with Gasteiger partial charge in [-0.05, 0) is 38.0 Å². The van der Waals surface area contributed by atoms with E-state index in [2.05, 4.69) is 0 Å². The highest BCUT2D eigenvalue weighted by Gasteiger charge is 2.19. The van der Waals surface area contributed by atoms with Gasteiger partial charge in [0.2, 0.25) is 5.91 Å². The third-order valence-corrected chi connectivity index (χ3v) is 3.82. The molecule has 0 saturated heterocycles. The van der Waals surface area contributed by atoms with Gasteiger partial charge >= 0.3 is 5.97 Å². The lowest BCUT2D eigenvalue weighted by molar-refractivity contribution is -0.146. The minimum Gasteiger partial charge on any atom is -0.490 e. The average Bonchev–Trinajstić information content (AvgIpc) is 2.59.